The molecule has 1 aromatic carbocycles. The molecule has 0 fully saturated rings. The van der Waals surface area contributed by atoms with Gasteiger partial charge in [0, 0.05) is 12.8 Å². The Kier molecular flexibility index (Phi) is 5.97. The van der Waals surface area contributed by atoms with Crippen molar-refractivity contribution >= 4 is 9.84 Å². The second-order valence-corrected chi connectivity index (χ2v) is 7.30. The number of hydrogen-bond donors (Lipinski definition) is 2. The highest BCUT2D eigenvalue weighted by molar-refractivity contribution is 7.90. The van der Waals surface area contributed by atoms with Gasteiger partial charge in [-0.1, -0.05) is 26.0 Å². The van der Waals surface area contributed by atoms with Crippen molar-refractivity contribution < 1.29 is 8.42 Å². The monoisotopic (exact) mass is 284 g/mol. The van der Waals surface area contributed by atoms with Gasteiger partial charge in [-0.15, -0.1) is 0 Å². The largest absolute Gasteiger partial charge is 0.330 e. The molecule has 5 heteroatoms. The van der Waals surface area contributed by atoms with E-state index in [9.17, 15) is 8.42 Å². The Bertz CT molecular complexity index is 481. The van der Waals surface area contributed by atoms with E-state index in [2.05, 4.69) is 19.2 Å². The summed E-state index contributed by atoms with van der Waals surface area (Å²) in [6.45, 7) is 6.62. The molecular weight excluding hydrogens is 260 g/mol. The van der Waals surface area contributed by atoms with Gasteiger partial charge in [-0.25, -0.2) is 8.42 Å². The molecule has 0 saturated heterocycles. The van der Waals surface area contributed by atoms with E-state index in [0.717, 1.165) is 18.7 Å². The summed E-state index contributed by atoms with van der Waals surface area (Å²) >= 11 is 0. The molecule has 1 atom stereocenters. The molecular formula is C14H24N2O2S. The standard InChI is InChI=1S/C14H24N2O2S/c1-11(2)13(8-15)10-16-9-12-4-6-14(7-5-12)19(3,17)18/h4-7,11,13,16H,8-10,15H2,1-3H3. The van der Waals surface area contributed by atoms with Gasteiger partial charge in [0.2, 0.25) is 0 Å². The van der Waals surface area contributed by atoms with Crippen LogP contribution in [-0.4, -0.2) is 27.8 Å². The van der Waals surface area contributed by atoms with Crippen molar-refractivity contribution in [1.29, 1.82) is 0 Å². The summed E-state index contributed by atoms with van der Waals surface area (Å²) in [5.74, 6) is 1.03. The van der Waals surface area contributed by atoms with Gasteiger partial charge < -0.3 is 11.1 Å². The van der Waals surface area contributed by atoms with Crippen LogP contribution in [0.2, 0.25) is 0 Å². The van der Waals surface area contributed by atoms with E-state index >= 15 is 0 Å². The lowest BCUT2D eigenvalue weighted by molar-refractivity contribution is 0.370. The predicted octanol–water partition coefficient (Wildman–Crippen LogP) is 1.41. The van der Waals surface area contributed by atoms with Crippen LogP contribution in [0.25, 0.3) is 0 Å². The second kappa shape index (κ2) is 7.03. The Morgan fingerprint density at radius 2 is 1.79 bits per heavy atom. The summed E-state index contributed by atoms with van der Waals surface area (Å²) in [7, 11) is -3.11. The first-order valence-electron chi connectivity index (χ1n) is 6.54. The topological polar surface area (TPSA) is 72.2 Å². The third-order valence-electron chi connectivity index (χ3n) is 3.33. The molecule has 0 radical (unpaired) electrons. The van der Waals surface area contributed by atoms with Crippen molar-refractivity contribution in [2.45, 2.75) is 25.3 Å². The zero-order chi connectivity index (χ0) is 14.5. The van der Waals surface area contributed by atoms with Crippen molar-refractivity contribution in [1.82, 2.24) is 5.32 Å². The van der Waals surface area contributed by atoms with Crippen LogP contribution >= 0.6 is 0 Å². The van der Waals surface area contributed by atoms with Crippen molar-refractivity contribution in [3.05, 3.63) is 29.8 Å². The molecule has 1 rings (SSSR count). The fourth-order valence-corrected chi connectivity index (χ4v) is 2.48. The molecule has 0 heterocycles. The molecule has 4 nitrogen and oxygen atoms in total. The summed E-state index contributed by atoms with van der Waals surface area (Å²) in [5.41, 5.74) is 6.79. The molecule has 0 aliphatic rings. The average Bonchev–Trinajstić information content (AvgIpc) is 2.33. The van der Waals surface area contributed by atoms with Crippen LogP contribution < -0.4 is 11.1 Å². The van der Waals surface area contributed by atoms with Gasteiger partial charge in [0.25, 0.3) is 0 Å². The third kappa shape index (κ3) is 5.30. The minimum absolute atomic E-state index is 0.360. The lowest BCUT2D eigenvalue weighted by Gasteiger charge is -2.19. The molecule has 0 bridgehead atoms. The van der Waals surface area contributed by atoms with E-state index in [1.807, 2.05) is 12.1 Å². The SMILES string of the molecule is CC(C)C(CN)CNCc1ccc(S(C)(=O)=O)cc1. The first-order chi connectivity index (χ1) is 8.84. The van der Waals surface area contributed by atoms with Crippen molar-refractivity contribution in [3.8, 4) is 0 Å². The van der Waals surface area contributed by atoms with Crippen LogP contribution in [0, 0.1) is 11.8 Å². The van der Waals surface area contributed by atoms with Gasteiger partial charge in [0.1, 0.15) is 0 Å². The lowest BCUT2D eigenvalue weighted by Crippen LogP contribution is -2.31. The Morgan fingerprint density at radius 3 is 2.21 bits per heavy atom. The molecule has 0 aliphatic carbocycles. The van der Waals surface area contributed by atoms with Gasteiger partial charge in [0.05, 0.1) is 4.90 Å². The van der Waals surface area contributed by atoms with Crippen LogP contribution in [0.5, 0.6) is 0 Å². The van der Waals surface area contributed by atoms with Crippen LogP contribution in [-0.2, 0) is 16.4 Å². The number of sulfone groups is 1. The van der Waals surface area contributed by atoms with Crippen molar-refractivity contribution in [2.24, 2.45) is 17.6 Å². The molecule has 0 aromatic heterocycles. The van der Waals surface area contributed by atoms with Crippen LogP contribution in [0.1, 0.15) is 19.4 Å². The van der Waals surface area contributed by atoms with Crippen LogP contribution in [0.4, 0.5) is 0 Å². The van der Waals surface area contributed by atoms with Gasteiger partial charge in [0.15, 0.2) is 9.84 Å². The second-order valence-electron chi connectivity index (χ2n) is 5.29. The highest BCUT2D eigenvalue weighted by Crippen LogP contribution is 2.11. The first kappa shape index (κ1) is 16.1. The zero-order valence-electron chi connectivity index (χ0n) is 11.9. The molecule has 1 aromatic rings. The quantitative estimate of drug-likeness (QED) is 0.794. The maximum atomic E-state index is 11.3. The van der Waals surface area contributed by atoms with E-state index in [-0.39, 0.29) is 0 Å². The highest BCUT2D eigenvalue weighted by atomic mass is 32.2. The van der Waals surface area contributed by atoms with Gasteiger partial charge in [-0.3, -0.25) is 0 Å². The molecule has 1 unspecified atom stereocenters. The molecule has 108 valence electrons. The van der Waals surface area contributed by atoms with Crippen molar-refractivity contribution in [2.75, 3.05) is 19.3 Å². The van der Waals surface area contributed by atoms with E-state index in [1.54, 1.807) is 12.1 Å². The Morgan fingerprint density at radius 1 is 1.21 bits per heavy atom. The lowest BCUT2D eigenvalue weighted by atomic mass is 9.96. The summed E-state index contributed by atoms with van der Waals surface area (Å²) in [4.78, 5) is 0.360. The predicted molar refractivity (Wildman–Crippen MR) is 78.6 cm³/mol. The van der Waals surface area contributed by atoms with E-state index in [1.165, 1.54) is 6.26 Å². The number of hydrogen-bond acceptors (Lipinski definition) is 4. The van der Waals surface area contributed by atoms with Gasteiger partial charge in [-0.05, 0) is 42.6 Å². The normalized spacial score (nSPS) is 13.7. The fraction of sp³-hybridized carbons (Fsp3) is 0.571. The third-order valence-corrected chi connectivity index (χ3v) is 4.46. The Hall–Kier alpha value is -0.910. The van der Waals surface area contributed by atoms with Crippen LogP contribution in [0.3, 0.4) is 0 Å². The fourth-order valence-electron chi connectivity index (χ4n) is 1.85. The summed E-state index contributed by atoms with van der Waals surface area (Å²) < 4.78 is 22.7. The minimum Gasteiger partial charge on any atom is -0.330 e. The van der Waals surface area contributed by atoms with E-state index < -0.39 is 9.84 Å². The first-order valence-corrected chi connectivity index (χ1v) is 8.43. The van der Waals surface area contributed by atoms with Gasteiger partial charge >= 0.3 is 0 Å². The average molecular weight is 284 g/mol. The molecule has 0 spiro atoms. The number of benzene rings is 1. The molecule has 0 saturated carbocycles. The maximum absolute atomic E-state index is 11.3. The zero-order valence-corrected chi connectivity index (χ0v) is 12.7. The Balaban J connectivity index is 2.51. The number of nitrogens with two attached hydrogens (primary N) is 1. The van der Waals surface area contributed by atoms with Crippen molar-refractivity contribution in [3.63, 3.8) is 0 Å². The summed E-state index contributed by atoms with van der Waals surface area (Å²) in [5, 5.41) is 3.36. The summed E-state index contributed by atoms with van der Waals surface area (Å²) in [6, 6.07) is 6.98. The van der Waals surface area contributed by atoms with Crippen LogP contribution in [0.15, 0.2) is 29.2 Å². The Labute approximate surface area is 116 Å². The smallest absolute Gasteiger partial charge is 0.175 e. The number of nitrogens with one attached hydrogen (secondary N) is 1. The minimum atomic E-state index is -3.11. The molecule has 0 amide bonds. The van der Waals surface area contributed by atoms with E-state index in [4.69, 9.17) is 5.73 Å². The van der Waals surface area contributed by atoms with E-state index in [0.29, 0.717) is 23.3 Å². The number of rotatable bonds is 7. The molecule has 0 aliphatic heterocycles. The maximum Gasteiger partial charge on any atom is 0.175 e. The van der Waals surface area contributed by atoms with Gasteiger partial charge in [-0.2, -0.15) is 0 Å². The summed E-state index contributed by atoms with van der Waals surface area (Å²) in [6.07, 6.45) is 1.22. The highest BCUT2D eigenvalue weighted by Gasteiger charge is 2.10. The molecule has 3 N–H and O–H groups in total. The molecule has 19 heavy (non-hydrogen) atoms.